The highest BCUT2D eigenvalue weighted by molar-refractivity contribution is 5.62. The van der Waals surface area contributed by atoms with Gasteiger partial charge in [-0.05, 0) is 45.0 Å². The number of nitrogens with zero attached hydrogens (tertiary/aromatic N) is 3. The van der Waals surface area contributed by atoms with E-state index in [2.05, 4.69) is 51.3 Å². The fraction of sp³-hybridized carbons (Fsp3) is 0.526. The molecule has 5 nitrogen and oxygen atoms in total. The molecule has 2 N–H and O–H groups in total. The zero-order chi connectivity index (χ0) is 16.8. The Labute approximate surface area is 144 Å². The Balaban J connectivity index is 1.55. The van der Waals surface area contributed by atoms with Gasteiger partial charge in [-0.1, -0.05) is 30.3 Å². The van der Waals surface area contributed by atoms with Gasteiger partial charge >= 0.3 is 0 Å². The highest BCUT2D eigenvalue weighted by Crippen LogP contribution is 2.24. The van der Waals surface area contributed by atoms with Gasteiger partial charge in [0.1, 0.15) is 0 Å². The second-order valence-corrected chi connectivity index (χ2v) is 6.70. The maximum atomic E-state index is 8.98. The molecule has 3 rings (SSSR count). The number of H-pyrrole nitrogens is 1. The molecule has 2 heterocycles. The third kappa shape index (κ3) is 4.23. The van der Waals surface area contributed by atoms with Crippen LogP contribution in [0.4, 0.5) is 0 Å². The Bertz CT molecular complexity index is 605. The third-order valence-electron chi connectivity index (χ3n) is 5.02. The maximum Gasteiger partial charge on any atom is 0.0695 e. The van der Waals surface area contributed by atoms with Gasteiger partial charge < -0.3 is 10.0 Å². The maximum absolute atomic E-state index is 8.98. The van der Waals surface area contributed by atoms with Crippen LogP contribution in [0.25, 0.3) is 11.3 Å². The van der Waals surface area contributed by atoms with Crippen LogP contribution in [0.1, 0.15) is 24.8 Å². The van der Waals surface area contributed by atoms with Gasteiger partial charge in [-0.3, -0.25) is 10.00 Å². The van der Waals surface area contributed by atoms with Gasteiger partial charge in [0.05, 0.1) is 11.9 Å². The quantitative estimate of drug-likeness (QED) is 0.819. The van der Waals surface area contributed by atoms with Crippen molar-refractivity contribution >= 4 is 0 Å². The molecule has 0 aliphatic carbocycles. The molecule has 1 aromatic heterocycles. The molecule has 1 aliphatic heterocycles. The molecular formula is C19H28N4O. The highest BCUT2D eigenvalue weighted by Gasteiger charge is 2.23. The topological polar surface area (TPSA) is 55.4 Å². The average molecular weight is 328 g/mol. The molecule has 130 valence electrons. The van der Waals surface area contributed by atoms with E-state index in [1.807, 2.05) is 12.3 Å². The molecule has 1 fully saturated rings. The molecule has 0 spiro atoms. The molecule has 0 amide bonds. The van der Waals surface area contributed by atoms with E-state index < -0.39 is 0 Å². The fourth-order valence-electron chi connectivity index (χ4n) is 3.55. The Morgan fingerprint density at radius 1 is 1.25 bits per heavy atom. The van der Waals surface area contributed by atoms with Crippen LogP contribution >= 0.6 is 0 Å². The van der Waals surface area contributed by atoms with Crippen molar-refractivity contribution in [1.82, 2.24) is 20.0 Å². The monoisotopic (exact) mass is 328 g/mol. The van der Waals surface area contributed by atoms with E-state index in [1.165, 1.54) is 24.0 Å². The summed E-state index contributed by atoms with van der Waals surface area (Å²) in [4.78, 5) is 4.93. The second-order valence-electron chi connectivity index (χ2n) is 6.70. The largest absolute Gasteiger partial charge is 0.396 e. The Morgan fingerprint density at radius 3 is 2.71 bits per heavy atom. The van der Waals surface area contributed by atoms with E-state index in [0.29, 0.717) is 6.04 Å². The van der Waals surface area contributed by atoms with Crippen molar-refractivity contribution in [3.63, 3.8) is 0 Å². The molecular weight excluding hydrogens is 300 g/mol. The number of benzene rings is 1. The lowest BCUT2D eigenvalue weighted by Gasteiger charge is -2.36. The van der Waals surface area contributed by atoms with Gasteiger partial charge in [0, 0.05) is 31.3 Å². The Morgan fingerprint density at radius 2 is 2.00 bits per heavy atom. The number of likely N-dealkylation sites (tertiary alicyclic amines) is 1. The van der Waals surface area contributed by atoms with Gasteiger partial charge in [-0.2, -0.15) is 5.10 Å². The van der Waals surface area contributed by atoms with Crippen LogP contribution in [-0.4, -0.2) is 64.4 Å². The summed E-state index contributed by atoms with van der Waals surface area (Å²) < 4.78 is 0. The number of aromatic amines is 1. The smallest absolute Gasteiger partial charge is 0.0695 e. The van der Waals surface area contributed by atoms with Crippen molar-refractivity contribution in [3.8, 4) is 11.3 Å². The number of aliphatic hydroxyl groups excluding tert-OH is 1. The summed E-state index contributed by atoms with van der Waals surface area (Å²) in [6.07, 6.45) is 5.22. The lowest BCUT2D eigenvalue weighted by Crippen LogP contribution is -2.43. The summed E-state index contributed by atoms with van der Waals surface area (Å²) in [5.41, 5.74) is 3.61. The van der Waals surface area contributed by atoms with Crippen molar-refractivity contribution in [2.45, 2.75) is 31.8 Å². The van der Waals surface area contributed by atoms with E-state index in [1.54, 1.807) is 0 Å². The SMILES string of the molecule is CN(CCCO)C1CCN(Cc2cn[nH]c2-c2ccccc2)CC1. The van der Waals surface area contributed by atoms with Crippen LogP contribution in [0.2, 0.25) is 0 Å². The molecule has 0 atom stereocenters. The van der Waals surface area contributed by atoms with Gasteiger partial charge in [-0.15, -0.1) is 0 Å². The summed E-state index contributed by atoms with van der Waals surface area (Å²) in [7, 11) is 2.18. The van der Waals surface area contributed by atoms with Crippen LogP contribution in [0.5, 0.6) is 0 Å². The van der Waals surface area contributed by atoms with Crippen LogP contribution < -0.4 is 0 Å². The number of rotatable bonds is 7. The minimum Gasteiger partial charge on any atom is -0.396 e. The standard InChI is InChI=1S/C19H28N4O/c1-22(10-5-13-24)18-8-11-23(12-9-18)15-17-14-20-21-19(17)16-6-3-2-4-7-16/h2-4,6-7,14,18,24H,5,8-13,15H2,1H3,(H,20,21). The highest BCUT2D eigenvalue weighted by atomic mass is 16.3. The van der Waals surface area contributed by atoms with Crippen molar-refractivity contribution in [1.29, 1.82) is 0 Å². The Kier molecular flexibility index (Phi) is 6.01. The van der Waals surface area contributed by atoms with E-state index in [0.717, 1.165) is 38.3 Å². The number of piperidine rings is 1. The van der Waals surface area contributed by atoms with Crippen LogP contribution in [0.15, 0.2) is 36.5 Å². The first-order chi connectivity index (χ1) is 11.8. The summed E-state index contributed by atoms with van der Waals surface area (Å²) in [6, 6.07) is 11.1. The van der Waals surface area contributed by atoms with E-state index >= 15 is 0 Å². The number of aromatic nitrogens is 2. The van der Waals surface area contributed by atoms with E-state index in [-0.39, 0.29) is 6.61 Å². The molecule has 24 heavy (non-hydrogen) atoms. The van der Waals surface area contributed by atoms with Crippen molar-refractivity contribution in [2.24, 2.45) is 0 Å². The minimum absolute atomic E-state index is 0.284. The summed E-state index contributed by atoms with van der Waals surface area (Å²) in [6.45, 7) is 4.46. The molecule has 0 radical (unpaired) electrons. The summed E-state index contributed by atoms with van der Waals surface area (Å²) in [5.74, 6) is 0. The predicted molar refractivity (Wildman–Crippen MR) is 96.7 cm³/mol. The summed E-state index contributed by atoms with van der Waals surface area (Å²) >= 11 is 0. The van der Waals surface area contributed by atoms with Gasteiger partial charge in [0.15, 0.2) is 0 Å². The van der Waals surface area contributed by atoms with E-state index in [9.17, 15) is 0 Å². The second kappa shape index (κ2) is 8.42. The van der Waals surface area contributed by atoms with E-state index in [4.69, 9.17) is 5.11 Å². The van der Waals surface area contributed by atoms with Crippen LogP contribution in [0.3, 0.4) is 0 Å². The van der Waals surface area contributed by atoms with Gasteiger partial charge in [0.2, 0.25) is 0 Å². The first-order valence-electron chi connectivity index (χ1n) is 8.89. The number of nitrogens with one attached hydrogen (secondary N) is 1. The molecule has 1 aromatic carbocycles. The fourth-order valence-corrected chi connectivity index (χ4v) is 3.55. The first kappa shape index (κ1) is 17.1. The number of hydrogen-bond donors (Lipinski definition) is 2. The molecule has 0 bridgehead atoms. The average Bonchev–Trinajstić information content (AvgIpc) is 3.09. The zero-order valence-electron chi connectivity index (χ0n) is 14.5. The third-order valence-corrected chi connectivity index (χ3v) is 5.02. The predicted octanol–water partition coefficient (Wildman–Crippen LogP) is 2.36. The van der Waals surface area contributed by atoms with Crippen molar-refractivity contribution in [3.05, 3.63) is 42.1 Å². The lowest BCUT2D eigenvalue weighted by atomic mass is 10.0. The van der Waals surface area contributed by atoms with Crippen molar-refractivity contribution in [2.75, 3.05) is 33.3 Å². The minimum atomic E-state index is 0.284. The van der Waals surface area contributed by atoms with Gasteiger partial charge in [-0.25, -0.2) is 0 Å². The molecule has 2 aromatic rings. The summed E-state index contributed by atoms with van der Waals surface area (Å²) in [5, 5.41) is 16.4. The number of hydrogen-bond acceptors (Lipinski definition) is 4. The first-order valence-corrected chi connectivity index (χ1v) is 8.89. The normalized spacial score (nSPS) is 16.8. The molecule has 0 saturated carbocycles. The molecule has 5 heteroatoms. The van der Waals surface area contributed by atoms with Gasteiger partial charge in [0.25, 0.3) is 0 Å². The molecule has 1 saturated heterocycles. The lowest BCUT2D eigenvalue weighted by molar-refractivity contribution is 0.117. The molecule has 0 unspecified atom stereocenters. The zero-order valence-corrected chi connectivity index (χ0v) is 14.5. The van der Waals surface area contributed by atoms with Crippen LogP contribution in [-0.2, 0) is 6.54 Å². The number of aliphatic hydroxyl groups is 1. The van der Waals surface area contributed by atoms with Crippen molar-refractivity contribution < 1.29 is 5.11 Å². The van der Waals surface area contributed by atoms with Crippen LogP contribution in [0, 0.1) is 0 Å². The Hall–Kier alpha value is -1.69. The molecule has 1 aliphatic rings.